The summed E-state index contributed by atoms with van der Waals surface area (Å²) < 4.78 is 12.8. The topological polar surface area (TPSA) is 43.8 Å². The van der Waals surface area contributed by atoms with Crippen molar-refractivity contribution in [2.45, 2.75) is 18.6 Å². The first kappa shape index (κ1) is 15.7. The van der Waals surface area contributed by atoms with Gasteiger partial charge in [-0.2, -0.15) is 0 Å². The third-order valence-electron chi connectivity index (χ3n) is 3.54. The number of halogens is 1. The molecule has 1 amide bonds. The van der Waals surface area contributed by atoms with E-state index in [0.29, 0.717) is 13.0 Å². The van der Waals surface area contributed by atoms with Crippen molar-refractivity contribution >= 4 is 12.0 Å². The van der Waals surface area contributed by atoms with Gasteiger partial charge in [-0.25, -0.2) is 4.39 Å². The Morgan fingerprint density at radius 2 is 2.10 bits per heavy atom. The Labute approximate surface area is 124 Å². The molecule has 2 rings (SSSR count). The number of amides is 1. The van der Waals surface area contributed by atoms with E-state index >= 15 is 0 Å². The minimum Gasteiger partial charge on any atom is -0.391 e. The molecule has 5 heteroatoms. The molecule has 1 saturated heterocycles. The second-order valence-electron chi connectivity index (χ2n) is 5.68. The van der Waals surface area contributed by atoms with Crippen LogP contribution in [0.5, 0.6) is 0 Å². The summed E-state index contributed by atoms with van der Waals surface area (Å²) in [5.41, 5.74) is 0.772. The fraction of sp³-hybridized carbons (Fsp3) is 0.438. The molecule has 0 radical (unpaired) electrons. The highest BCUT2D eigenvalue weighted by Crippen LogP contribution is 2.19. The maximum absolute atomic E-state index is 12.8. The van der Waals surface area contributed by atoms with Crippen molar-refractivity contribution < 1.29 is 14.3 Å². The number of hydrogen-bond acceptors (Lipinski definition) is 3. The van der Waals surface area contributed by atoms with Gasteiger partial charge in [-0.3, -0.25) is 4.79 Å². The van der Waals surface area contributed by atoms with E-state index in [1.54, 1.807) is 23.1 Å². The van der Waals surface area contributed by atoms with Gasteiger partial charge in [-0.05, 0) is 44.3 Å². The van der Waals surface area contributed by atoms with Gasteiger partial charge in [-0.1, -0.05) is 12.1 Å². The third-order valence-corrected chi connectivity index (χ3v) is 3.54. The highest BCUT2D eigenvalue weighted by molar-refractivity contribution is 5.92. The molecule has 0 bridgehead atoms. The number of aliphatic hydroxyl groups is 1. The van der Waals surface area contributed by atoms with Crippen LogP contribution >= 0.6 is 0 Å². The minimum absolute atomic E-state index is 0.0281. The van der Waals surface area contributed by atoms with Crippen LogP contribution in [0.4, 0.5) is 4.39 Å². The molecule has 4 nitrogen and oxygen atoms in total. The fourth-order valence-corrected chi connectivity index (χ4v) is 2.59. The van der Waals surface area contributed by atoms with Crippen molar-refractivity contribution in [3.63, 3.8) is 0 Å². The van der Waals surface area contributed by atoms with Crippen LogP contribution in [0, 0.1) is 5.82 Å². The highest BCUT2D eigenvalue weighted by Gasteiger charge is 2.33. The van der Waals surface area contributed by atoms with E-state index in [0.717, 1.165) is 12.1 Å². The molecular formula is C16H21FN2O2. The predicted molar refractivity (Wildman–Crippen MR) is 80.1 cm³/mol. The van der Waals surface area contributed by atoms with E-state index in [1.165, 1.54) is 18.2 Å². The second kappa shape index (κ2) is 6.83. The van der Waals surface area contributed by atoms with E-state index < -0.39 is 6.10 Å². The summed E-state index contributed by atoms with van der Waals surface area (Å²) in [5, 5.41) is 9.77. The Balaban J connectivity index is 2.02. The first-order valence-corrected chi connectivity index (χ1v) is 7.03. The fourth-order valence-electron chi connectivity index (χ4n) is 2.59. The predicted octanol–water partition coefficient (Wildman–Crippen LogP) is 1.36. The number of rotatable bonds is 4. The van der Waals surface area contributed by atoms with Crippen LogP contribution in [-0.4, -0.2) is 60.1 Å². The summed E-state index contributed by atoms with van der Waals surface area (Å²) >= 11 is 0. The molecule has 0 spiro atoms. The molecule has 1 aromatic carbocycles. The molecule has 114 valence electrons. The van der Waals surface area contributed by atoms with Gasteiger partial charge in [0.15, 0.2) is 0 Å². The monoisotopic (exact) mass is 292 g/mol. The molecule has 1 aliphatic rings. The zero-order chi connectivity index (χ0) is 15.4. The van der Waals surface area contributed by atoms with Crippen molar-refractivity contribution in [1.29, 1.82) is 0 Å². The van der Waals surface area contributed by atoms with E-state index in [1.807, 2.05) is 19.0 Å². The van der Waals surface area contributed by atoms with Crippen molar-refractivity contribution in [3.05, 3.63) is 41.7 Å². The van der Waals surface area contributed by atoms with Crippen LogP contribution in [0.2, 0.25) is 0 Å². The minimum atomic E-state index is -0.460. The van der Waals surface area contributed by atoms with E-state index in [4.69, 9.17) is 0 Å². The van der Waals surface area contributed by atoms with Gasteiger partial charge >= 0.3 is 0 Å². The van der Waals surface area contributed by atoms with Gasteiger partial charge in [-0.15, -0.1) is 0 Å². The Morgan fingerprint density at radius 3 is 2.71 bits per heavy atom. The van der Waals surface area contributed by atoms with Gasteiger partial charge in [0.05, 0.1) is 6.10 Å². The SMILES string of the molecule is CN(C)CC1CC(O)CN1C(=O)C=Cc1ccc(F)cc1. The maximum Gasteiger partial charge on any atom is 0.246 e. The Bertz CT molecular complexity index is 514. The number of benzene rings is 1. The molecule has 0 aliphatic carbocycles. The van der Waals surface area contributed by atoms with Gasteiger partial charge < -0.3 is 14.9 Å². The lowest BCUT2D eigenvalue weighted by Gasteiger charge is -2.25. The van der Waals surface area contributed by atoms with Crippen LogP contribution in [0.25, 0.3) is 6.08 Å². The zero-order valence-electron chi connectivity index (χ0n) is 12.4. The van der Waals surface area contributed by atoms with Gasteiger partial charge in [0, 0.05) is 25.2 Å². The summed E-state index contributed by atoms with van der Waals surface area (Å²) in [6, 6.07) is 5.99. The Hall–Kier alpha value is -1.72. The average molecular weight is 292 g/mol. The number of nitrogens with zero attached hydrogens (tertiary/aromatic N) is 2. The molecule has 1 N–H and O–H groups in total. The Kier molecular flexibility index (Phi) is 5.09. The largest absolute Gasteiger partial charge is 0.391 e. The van der Waals surface area contributed by atoms with Gasteiger partial charge in [0.1, 0.15) is 5.82 Å². The molecule has 0 aromatic heterocycles. The first-order valence-electron chi connectivity index (χ1n) is 7.03. The zero-order valence-corrected chi connectivity index (χ0v) is 12.4. The third kappa shape index (κ3) is 4.37. The smallest absolute Gasteiger partial charge is 0.246 e. The molecule has 1 fully saturated rings. The van der Waals surface area contributed by atoms with Crippen LogP contribution in [0.1, 0.15) is 12.0 Å². The summed E-state index contributed by atoms with van der Waals surface area (Å²) in [5.74, 6) is -0.421. The van der Waals surface area contributed by atoms with Crippen molar-refractivity contribution in [3.8, 4) is 0 Å². The summed E-state index contributed by atoms with van der Waals surface area (Å²) in [6.07, 6.45) is 3.29. The van der Waals surface area contributed by atoms with Crippen molar-refractivity contribution in [2.24, 2.45) is 0 Å². The van der Waals surface area contributed by atoms with E-state index in [9.17, 15) is 14.3 Å². The summed E-state index contributed by atoms with van der Waals surface area (Å²) in [4.78, 5) is 16.0. The molecular weight excluding hydrogens is 271 g/mol. The summed E-state index contributed by atoms with van der Waals surface area (Å²) in [7, 11) is 3.89. The quantitative estimate of drug-likeness (QED) is 0.852. The van der Waals surface area contributed by atoms with Crippen molar-refractivity contribution in [2.75, 3.05) is 27.2 Å². The molecule has 21 heavy (non-hydrogen) atoms. The molecule has 0 saturated carbocycles. The average Bonchev–Trinajstić information content (AvgIpc) is 2.78. The number of likely N-dealkylation sites (tertiary alicyclic amines) is 1. The van der Waals surface area contributed by atoms with E-state index in [2.05, 4.69) is 0 Å². The highest BCUT2D eigenvalue weighted by atomic mass is 19.1. The molecule has 1 heterocycles. The number of carbonyl (C=O) groups excluding carboxylic acids is 1. The van der Waals surface area contributed by atoms with Crippen LogP contribution < -0.4 is 0 Å². The van der Waals surface area contributed by atoms with Crippen molar-refractivity contribution in [1.82, 2.24) is 9.80 Å². The molecule has 1 aliphatic heterocycles. The first-order chi connectivity index (χ1) is 9.95. The lowest BCUT2D eigenvalue weighted by molar-refractivity contribution is -0.127. The van der Waals surface area contributed by atoms with E-state index in [-0.39, 0.29) is 17.8 Å². The molecule has 2 atom stereocenters. The number of hydrogen-bond donors (Lipinski definition) is 1. The Morgan fingerprint density at radius 1 is 1.43 bits per heavy atom. The lowest BCUT2D eigenvalue weighted by Crippen LogP contribution is -2.40. The second-order valence-corrected chi connectivity index (χ2v) is 5.68. The standard InChI is InChI=1S/C16H21FN2O2/c1-18(2)10-14-9-15(20)11-19(14)16(21)8-5-12-3-6-13(17)7-4-12/h3-8,14-15,20H,9-11H2,1-2H3. The van der Waals surface area contributed by atoms with Crippen LogP contribution in [-0.2, 0) is 4.79 Å². The number of aliphatic hydroxyl groups excluding tert-OH is 1. The summed E-state index contributed by atoms with van der Waals surface area (Å²) in [6.45, 7) is 1.10. The number of carbonyl (C=O) groups is 1. The number of likely N-dealkylation sites (N-methyl/N-ethyl adjacent to an activating group) is 1. The van der Waals surface area contributed by atoms with Gasteiger partial charge in [0.2, 0.25) is 5.91 Å². The van der Waals surface area contributed by atoms with Gasteiger partial charge in [0.25, 0.3) is 0 Å². The van der Waals surface area contributed by atoms with Crippen LogP contribution in [0.3, 0.4) is 0 Å². The maximum atomic E-state index is 12.8. The number of β-amino-alcohol motifs (C(OH)–C–C–N with tert-alkyl or cyclic N) is 1. The van der Waals surface area contributed by atoms with Crippen LogP contribution in [0.15, 0.2) is 30.3 Å². The normalized spacial score (nSPS) is 22.4. The molecule has 2 unspecified atom stereocenters. The lowest BCUT2D eigenvalue weighted by atomic mass is 10.2. The molecule has 1 aromatic rings.